The van der Waals surface area contributed by atoms with Crippen molar-refractivity contribution in [2.45, 2.75) is 20.8 Å². The Morgan fingerprint density at radius 1 is 1.10 bits per heavy atom. The molecule has 0 aliphatic heterocycles. The quantitative estimate of drug-likeness (QED) is 0.800. The van der Waals surface area contributed by atoms with Gasteiger partial charge in [0.25, 0.3) is 0 Å². The number of nitrogens with one attached hydrogen (secondary N) is 1. The van der Waals surface area contributed by atoms with Gasteiger partial charge >= 0.3 is 0 Å². The topological polar surface area (TPSA) is 55.6 Å². The number of fused-ring (bicyclic) bond motifs is 1. The average molecular weight is 281 g/mol. The van der Waals surface area contributed by atoms with Crippen molar-refractivity contribution in [1.29, 1.82) is 0 Å². The molecule has 2 heterocycles. The van der Waals surface area contributed by atoms with Gasteiger partial charge in [-0.15, -0.1) is 0 Å². The Morgan fingerprint density at radius 2 is 1.86 bits per heavy atom. The molecule has 3 rings (SSSR count). The number of hydrogen-bond donors (Lipinski definition) is 1. The number of para-hydroxylation sites is 1. The SMILES string of the molecule is CC(C)(C)CNc1ncnc2c1cnn2-c1ccccc1. The van der Waals surface area contributed by atoms with E-state index in [0.717, 1.165) is 29.1 Å². The highest BCUT2D eigenvalue weighted by Crippen LogP contribution is 2.23. The third kappa shape index (κ3) is 2.86. The number of anilines is 1. The van der Waals surface area contributed by atoms with Gasteiger partial charge in [0.2, 0.25) is 0 Å². The Labute approximate surface area is 124 Å². The lowest BCUT2D eigenvalue weighted by Crippen LogP contribution is -2.19. The summed E-state index contributed by atoms with van der Waals surface area (Å²) in [5, 5.41) is 8.77. The van der Waals surface area contributed by atoms with Crippen LogP contribution < -0.4 is 5.32 Å². The summed E-state index contributed by atoms with van der Waals surface area (Å²) < 4.78 is 1.83. The van der Waals surface area contributed by atoms with E-state index in [4.69, 9.17) is 0 Å². The number of benzene rings is 1. The van der Waals surface area contributed by atoms with Crippen molar-refractivity contribution in [3.63, 3.8) is 0 Å². The number of hydrogen-bond acceptors (Lipinski definition) is 4. The van der Waals surface area contributed by atoms with Crippen molar-refractivity contribution >= 4 is 16.9 Å². The van der Waals surface area contributed by atoms with Crippen LogP contribution in [0, 0.1) is 5.41 Å². The number of rotatable bonds is 3. The van der Waals surface area contributed by atoms with Gasteiger partial charge in [-0.25, -0.2) is 14.6 Å². The molecule has 0 radical (unpaired) electrons. The van der Waals surface area contributed by atoms with Crippen LogP contribution in [-0.2, 0) is 0 Å². The molecule has 0 saturated carbocycles. The summed E-state index contributed by atoms with van der Waals surface area (Å²) in [5.74, 6) is 0.831. The Kier molecular flexibility index (Phi) is 3.33. The molecule has 2 aromatic heterocycles. The lowest BCUT2D eigenvalue weighted by atomic mass is 9.97. The highest BCUT2D eigenvalue weighted by Gasteiger charge is 2.14. The first-order valence-electron chi connectivity index (χ1n) is 7.03. The first kappa shape index (κ1) is 13.5. The maximum Gasteiger partial charge on any atom is 0.168 e. The van der Waals surface area contributed by atoms with Crippen molar-refractivity contribution in [3.05, 3.63) is 42.9 Å². The molecule has 5 heteroatoms. The summed E-state index contributed by atoms with van der Waals surface area (Å²) in [6.45, 7) is 7.40. The highest BCUT2D eigenvalue weighted by molar-refractivity contribution is 5.87. The third-order valence-corrected chi connectivity index (χ3v) is 3.15. The second-order valence-electron chi connectivity index (χ2n) is 6.27. The van der Waals surface area contributed by atoms with Gasteiger partial charge in [0.1, 0.15) is 12.1 Å². The molecule has 108 valence electrons. The minimum atomic E-state index is 0.187. The number of aromatic nitrogens is 4. The van der Waals surface area contributed by atoms with Gasteiger partial charge in [0.05, 0.1) is 17.3 Å². The summed E-state index contributed by atoms with van der Waals surface area (Å²) in [5.41, 5.74) is 1.99. The summed E-state index contributed by atoms with van der Waals surface area (Å²) in [7, 11) is 0. The molecule has 0 atom stereocenters. The minimum absolute atomic E-state index is 0.187. The second-order valence-corrected chi connectivity index (χ2v) is 6.27. The first-order chi connectivity index (χ1) is 10.0. The molecule has 1 N–H and O–H groups in total. The molecule has 1 aromatic carbocycles. The minimum Gasteiger partial charge on any atom is -0.369 e. The lowest BCUT2D eigenvalue weighted by Gasteiger charge is -2.19. The predicted molar refractivity (Wildman–Crippen MR) is 84.6 cm³/mol. The van der Waals surface area contributed by atoms with E-state index in [1.54, 1.807) is 6.33 Å². The maximum atomic E-state index is 4.44. The van der Waals surface area contributed by atoms with E-state index >= 15 is 0 Å². The molecule has 0 bridgehead atoms. The zero-order chi connectivity index (χ0) is 14.9. The van der Waals surface area contributed by atoms with E-state index < -0.39 is 0 Å². The van der Waals surface area contributed by atoms with Crippen molar-refractivity contribution in [2.24, 2.45) is 5.41 Å². The van der Waals surface area contributed by atoms with Crippen LogP contribution in [0.5, 0.6) is 0 Å². The van der Waals surface area contributed by atoms with E-state index in [-0.39, 0.29) is 5.41 Å². The Hall–Kier alpha value is -2.43. The van der Waals surface area contributed by atoms with Crippen LogP contribution in [0.15, 0.2) is 42.9 Å². The Bertz CT molecular complexity index is 740. The fourth-order valence-corrected chi connectivity index (χ4v) is 2.09. The second kappa shape index (κ2) is 5.16. The van der Waals surface area contributed by atoms with E-state index in [1.807, 2.05) is 41.2 Å². The fraction of sp³-hybridized carbons (Fsp3) is 0.312. The van der Waals surface area contributed by atoms with Gasteiger partial charge in [-0.2, -0.15) is 5.10 Å². The summed E-state index contributed by atoms with van der Waals surface area (Å²) in [4.78, 5) is 8.71. The molecule has 0 unspecified atom stereocenters. The smallest absolute Gasteiger partial charge is 0.168 e. The molecule has 3 aromatic rings. The molecule has 0 saturated heterocycles. The van der Waals surface area contributed by atoms with Crippen LogP contribution in [0.1, 0.15) is 20.8 Å². The molecular formula is C16H19N5. The Balaban J connectivity index is 2.01. The van der Waals surface area contributed by atoms with Crippen molar-refractivity contribution in [1.82, 2.24) is 19.7 Å². The van der Waals surface area contributed by atoms with Crippen molar-refractivity contribution in [3.8, 4) is 5.69 Å². The molecule has 5 nitrogen and oxygen atoms in total. The third-order valence-electron chi connectivity index (χ3n) is 3.15. The first-order valence-corrected chi connectivity index (χ1v) is 7.03. The molecule has 0 aliphatic carbocycles. The van der Waals surface area contributed by atoms with E-state index in [9.17, 15) is 0 Å². The van der Waals surface area contributed by atoms with Crippen LogP contribution in [0.4, 0.5) is 5.82 Å². The summed E-state index contributed by atoms with van der Waals surface area (Å²) in [6, 6.07) is 9.99. The Morgan fingerprint density at radius 3 is 2.57 bits per heavy atom. The monoisotopic (exact) mass is 281 g/mol. The molecule has 0 amide bonds. The predicted octanol–water partition coefficient (Wildman–Crippen LogP) is 3.27. The summed E-state index contributed by atoms with van der Waals surface area (Å²) >= 11 is 0. The zero-order valence-corrected chi connectivity index (χ0v) is 12.5. The van der Waals surface area contributed by atoms with Crippen LogP contribution in [0.25, 0.3) is 16.7 Å². The van der Waals surface area contributed by atoms with Gasteiger partial charge < -0.3 is 5.32 Å². The van der Waals surface area contributed by atoms with Crippen LogP contribution in [0.3, 0.4) is 0 Å². The van der Waals surface area contributed by atoms with E-state index in [0.29, 0.717) is 0 Å². The molecular weight excluding hydrogens is 262 g/mol. The standard InChI is InChI=1S/C16H19N5/c1-16(2,3)10-17-14-13-9-20-21(15(13)19-11-18-14)12-7-5-4-6-8-12/h4-9,11H,10H2,1-3H3,(H,17,18,19). The normalized spacial score (nSPS) is 11.8. The van der Waals surface area contributed by atoms with Crippen LogP contribution in [0.2, 0.25) is 0 Å². The van der Waals surface area contributed by atoms with Gasteiger partial charge in [0, 0.05) is 6.54 Å². The van der Waals surface area contributed by atoms with E-state index in [2.05, 4.69) is 41.2 Å². The van der Waals surface area contributed by atoms with Gasteiger partial charge in [-0.1, -0.05) is 39.0 Å². The summed E-state index contributed by atoms with van der Waals surface area (Å²) in [6.07, 6.45) is 3.39. The van der Waals surface area contributed by atoms with Crippen LogP contribution in [-0.4, -0.2) is 26.3 Å². The highest BCUT2D eigenvalue weighted by atomic mass is 15.3. The molecule has 0 fully saturated rings. The molecule has 21 heavy (non-hydrogen) atoms. The fourth-order valence-electron chi connectivity index (χ4n) is 2.09. The molecule has 0 spiro atoms. The van der Waals surface area contributed by atoms with E-state index in [1.165, 1.54) is 0 Å². The lowest BCUT2D eigenvalue weighted by molar-refractivity contribution is 0.442. The van der Waals surface area contributed by atoms with Crippen molar-refractivity contribution in [2.75, 3.05) is 11.9 Å². The maximum absolute atomic E-state index is 4.44. The van der Waals surface area contributed by atoms with Gasteiger partial charge in [-0.3, -0.25) is 0 Å². The average Bonchev–Trinajstić information content (AvgIpc) is 2.89. The largest absolute Gasteiger partial charge is 0.369 e. The van der Waals surface area contributed by atoms with Crippen molar-refractivity contribution < 1.29 is 0 Å². The van der Waals surface area contributed by atoms with Gasteiger partial charge in [0.15, 0.2) is 5.65 Å². The van der Waals surface area contributed by atoms with Gasteiger partial charge in [-0.05, 0) is 17.5 Å². The van der Waals surface area contributed by atoms with Crippen LogP contribution >= 0.6 is 0 Å². The number of nitrogens with zero attached hydrogens (tertiary/aromatic N) is 4. The zero-order valence-electron chi connectivity index (χ0n) is 12.5. The molecule has 0 aliphatic rings.